The Kier molecular flexibility index (Phi) is 2.28. The third kappa shape index (κ3) is 1.55. The third-order valence-electron chi connectivity index (χ3n) is 1.45. The van der Waals surface area contributed by atoms with Gasteiger partial charge in [0.2, 0.25) is 0 Å². The van der Waals surface area contributed by atoms with Crippen molar-refractivity contribution < 1.29 is 5.11 Å². The van der Waals surface area contributed by atoms with Gasteiger partial charge in [-0.1, -0.05) is 0 Å². The van der Waals surface area contributed by atoms with Crippen molar-refractivity contribution in [3.8, 4) is 0 Å². The van der Waals surface area contributed by atoms with Gasteiger partial charge in [-0.25, -0.2) is 0 Å². The van der Waals surface area contributed by atoms with E-state index in [-0.39, 0.29) is 0 Å². The number of nitrogens with zero attached hydrogens (tertiary/aromatic N) is 1. The van der Waals surface area contributed by atoms with Crippen LogP contribution in [0.15, 0.2) is 12.0 Å². The average molecular weight is 145 g/mol. The van der Waals surface area contributed by atoms with E-state index in [4.69, 9.17) is 5.11 Å². The van der Waals surface area contributed by atoms with Crippen LogP contribution in [0.1, 0.15) is 12.8 Å². The molecule has 0 amide bonds. The summed E-state index contributed by atoms with van der Waals surface area (Å²) in [6.07, 6.45) is 3.96. The summed E-state index contributed by atoms with van der Waals surface area (Å²) in [5.74, 6) is 0.999. The van der Waals surface area contributed by atoms with E-state index >= 15 is 0 Å². The van der Waals surface area contributed by atoms with Crippen molar-refractivity contribution in [1.29, 1.82) is 0 Å². The maximum atomic E-state index is 9.11. The van der Waals surface area contributed by atoms with Gasteiger partial charge in [0.05, 0.1) is 5.88 Å². The molecule has 0 fully saturated rings. The van der Waals surface area contributed by atoms with Crippen LogP contribution in [0.5, 0.6) is 0 Å². The number of aliphatic hydroxyl groups is 1. The first-order valence-electron chi connectivity index (χ1n) is 3.09. The summed E-state index contributed by atoms with van der Waals surface area (Å²) in [5.41, 5.74) is 0. The maximum absolute atomic E-state index is 9.11. The highest BCUT2D eigenvalue weighted by Crippen LogP contribution is 2.11. The minimum Gasteiger partial charge on any atom is -0.495 e. The van der Waals surface area contributed by atoms with Gasteiger partial charge in [-0.2, -0.15) is 12.6 Å². The third-order valence-corrected chi connectivity index (χ3v) is 1.80. The highest BCUT2D eigenvalue weighted by Gasteiger charge is 2.08. The zero-order chi connectivity index (χ0) is 6.69. The normalized spacial score (nSPS) is 19.7. The molecular formula is C6H11NOS. The zero-order valence-corrected chi connectivity index (χ0v) is 6.14. The molecule has 0 unspecified atom stereocenters. The molecule has 0 spiro atoms. The monoisotopic (exact) mass is 145 g/mol. The Bertz CT molecular complexity index is 124. The van der Waals surface area contributed by atoms with Gasteiger partial charge in [-0.05, 0) is 18.9 Å². The van der Waals surface area contributed by atoms with Gasteiger partial charge >= 0.3 is 0 Å². The minimum absolute atomic E-state index is 0.385. The highest BCUT2D eigenvalue weighted by molar-refractivity contribution is 7.80. The van der Waals surface area contributed by atoms with Crippen molar-refractivity contribution in [3.63, 3.8) is 0 Å². The molecule has 0 saturated heterocycles. The first-order chi connectivity index (χ1) is 4.34. The predicted molar refractivity (Wildman–Crippen MR) is 40.5 cm³/mol. The van der Waals surface area contributed by atoms with Crippen molar-refractivity contribution >= 4 is 12.6 Å². The Balaban J connectivity index is 2.50. The predicted octanol–water partition coefficient (Wildman–Crippen LogP) is 1.37. The first-order valence-corrected chi connectivity index (χ1v) is 3.73. The van der Waals surface area contributed by atoms with Crippen LogP contribution in [0, 0.1) is 0 Å². The number of aliphatic hydroxyl groups excluding tert-OH is 1. The summed E-state index contributed by atoms with van der Waals surface area (Å²) in [7, 11) is 0. The van der Waals surface area contributed by atoms with E-state index in [0.29, 0.717) is 11.8 Å². The summed E-state index contributed by atoms with van der Waals surface area (Å²) < 4.78 is 0. The Morgan fingerprint density at radius 1 is 1.78 bits per heavy atom. The van der Waals surface area contributed by atoms with Gasteiger partial charge in [0.1, 0.15) is 0 Å². The van der Waals surface area contributed by atoms with E-state index in [1.165, 1.54) is 0 Å². The van der Waals surface area contributed by atoms with E-state index in [1.807, 2.05) is 11.0 Å². The highest BCUT2D eigenvalue weighted by atomic mass is 32.1. The minimum atomic E-state index is 0.385. The molecule has 0 bridgehead atoms. The molecule has 0 radical (unpaired) electrons. The topological polar surface area (TPSA) is 23.5 Å². The van der Waals surface area contributed by atoms with Gasteiger partial charge in [0.15, 0.2) is 5.88 Å². The van der Waals surface area contributed by atoms with Crippen LogP contribution in [-0.4, -0.2) is 22.4 Å². The van der Waals surface area contributed by atoms with Gasteiger partial charge in [0.25, 0.3) is 0 Å². The van der Waals surface area contributed by atoms with Crippen LogP contribution in [0.4, 0.5) is 0 Å². The number of hydrogen-bond donors (Lipinski definition) is 2. The van der Waals surface area contributed by atoms with Crippen molar-refractivity contribution in [2.45, 2.75) is 12.8 Å². The maximum Gasteiger partial charge on any atom is 0.183 e. The first kappa shape index (κ1) is 6.81. The molecule has 3 heteroatoms. The molecule has 1 heterocycles. The fourth-order valence-electron chi connectivity index (χ4n) is 0.900. The molecular weight excluding hydrogens is 134 g/mol. The number of hydrogen-bond acceptors (Lipinski definition) is 3. The molecule has 0 aliphatic carbocycles. The lowest BCUT2D eigenvalue weighted by molar-refractivity contribution is 0.210. The Morgan fingerprint density at radius 2 is 2.56 bits per heavy atom. The van der Waals surface area contributed by atoms with Crippen molar-refractivity contribution in [1.82, 2.24) is 4.90 Å². The van der Waals surface area contributed by atoms with Crippen LogP contribution in [0.2, 0.25) is 0 Å². The van der Waals surface area contributed by atoms with Gasteiger partial charge < -0.3 is 10.0 Å². The van der Waals surface area contributed by atoms with Gasteiger partial charge in [-0.15, -0.1) is 0 Å². The molecule has 0 aromatic heterocycles. The van der Waals surface area contributed by atoms with E-state index in [2.05, 4.69) is 12.6 Å². The summed E-state index contributed by atoms with van der Waals surface area (Å²) in [4.78, 5) is 1.84. The number of rotatable bonds is 1. The van der Waals surface area contributed by atoms with E-state index in [1.54, 1.807) is 0 Å². The van der Waals surface area contributed by atoms with Crippen LogP contribution in [0.25, 0.3) is 0 Å². The van der Waals surface area contributed by atoms with E-state index < -0.39 is 0 Å². The lowest BCUT2D eigenvalue weighted by atomic mass is 10.2. The second kappa shape index (κ2) is 3.01. The lowest BCUT2D eigenvalue weighted by Crippen LogP contribution is -2.25. The molecule has 1 aliphatic rings. The molecule has 1 rings (SSSR count). The van der Waals surface area contributed by atoms with Crippen molar-refractivity contribution in [2.24, 2.45) is 0 Å². The molecule has 1 aliphatic heterocycles. The van der Waals surface area contributed by atoms with Gasteiger partial charge in [0, 0.05) is 6.54 Å². The molecule has 0 saturated carbocycles. The van der Waals surface area contributed by atoms with Gasteiger partial charge in [-0.3, -0.25) is 0 Å². The van der Waals surface area contributed by atoms with Crippen molar-refractivity contribution in [2.75, 3.05) is 12.4 Å². The molecule has 9 heavy (non-hydrogen) atoms. The molecule has 0 aromatic carbocycles. The lowest BCUT2D eigenvalue weighted by Gasteiger charge is -2.23. The SMILES string of the molecule is OC1=CCCCN1CS. The standard InChI is InChI=1S/C6H11NOS/c8-6-3-1-2-4-7(6)5-9/h3,8-9H,1-2,4-5H2. The molecule has 0 atom stereocenters. The van der Waals surface area contributed by atoms with Crippen molar-refractivity contribution in [3.05, 3.63) is 12.0 Å². The second-order valence-corrected chi connectivity index (χ2v) is 2.39. The summed E-state index contributed by atoms with van der Waals surface area (Å²) in [5, 5.41) is 9.11. The molecule has 1 N–H and O–H groups in total. The number of allylic oxidation sites excluding steroid dienone is 1. The van der Waals surface area contributed by atoms with Crippen LogP contribution in [-0.2, 0) is 0 Å². The van der Waals surface area contributed by atoms with E-state index in [9.17, 15) is 0 Å². The largest absolute Gasteiger partial charge is 0.495 e. The molecule has 0 aromatic rings. The summed E-state index contributed by atoms with van der Waals surface area (Å²) in [6.45, 7) is 0.936. The average Bonchev–Trinajstić information content (AvgIpc) is 1.89. The smallest absolute Gasteiger partial charge is 0.183 e. The molecule has 52 valence electrons. The number of thiol groups is 1. The Labute approximate surface area is 60.6 Å². The summed E-state index contributed by atoms with van der Waals surface area (Å²) >= 11 is 4.05. The fraction of sp³-hybridized carbons (Fsp3) is 0.667. The second-order valence-electron chi connectivity index (χ2n) is 2.11. The summed E-state index contributed by atoms with van der Waals surface area (Å²) in [6, 6.07) is 0. The Hall–Kier alpha value is -0.310. The van der Waals surface area contributed by atoms with Crippen LogP contribution in [0.3, 0.4) is 0 Å². The van der Waals surface area contributed by atoms with Crippen LogP contribution < -0.4 is 0 Å². The fourth-order valence-corrected chi connectivity index (χ4v) is 1.19. The van der Waals surface area contributed by atoms with Crippen LogP contribution >= 0.6 is 12.6 Å². The Morgan fingerprint density at radius 3 is 3.00 bits per heavy atom. The quantitative estimate of drug-likeness (QED) is 0.544. The molecule has 2 nitrogen and oxygen atoms in total. The zero-order valence-electron chi connectivity index (χ0n) is 5.25. The van der Waals surface area contributed by atoms with E-state index in [0.717, 1.165) is 19.4 Å².